The summed E-state index contributed by atoms with van der Waals surface area (Å²) in [6, 6.07) is 5.62. The Labute approximate surface area is 112 Å². The van der Waals surface area contributed by atoms with Crippen LogP contribution in [0.5, 0.6) is 5.75 Å². The molecule has 1 amide bonds. The van der Waals surface area contributed by atoms with E-state index in [4.69, 9.17) is 9.47 Å². The number of ketones is 1. The maximum Gasteiger partial charge on any atom is 0.410 e. The first-order valence-corrected chi connectivity index (χ1v) is 6.17. The number of hydrogen-bond donors (Lipinski definition) is 0. The minimum atomic E-state index is -0.431. The standard InChI is InChI=1S/C14H17NO4/c1-10-7-11(3-4-13(10)18-2)9-19-14(17)15-6-5-12(16)8-15/h3-4,7H,5-6,8-9H2,1-2H3. The smallest absolute Gasteiger partial charge is 0.410 e. The lowest BCUT2D eigenvalue weighted by Gasteiger charge is -2.14. The van der Waals surface area contributed by atoms with Gasteiger partial charge in [-0.1, -0.05) is 6.07 Å². The van der Waals surface area contributed by atoms with Crippen molar-refractivity contribution < 1.29 is 19.1 Å². The largest absolute Gasteiger partial charge is 0.496 e. The highest BCUT2D eigenvalue weighted by Crippen LogP contribution is 2.19. The maximum absolute atomic E-state index is 11.7. The van der Waals surface area contributed by atoms with Gasteiger partial charge in [-0.3, -0.25) is 4.79 Å². The molecular formula is C14H17NO4. The van der Waals surface area contributed by atoms with Gasteiger partial charge in [-0.25, -0.2) is 4.79 Å². The molecule has 0 bridgehead atoms. The van der Waals surface area contributed by atoms with Crippen molar-refractivity contribution in [2.24, 2.45) is 0 Å². The topological polar surface area (TPSA) is 55.8 Å². The number of methoxy groups -OCH3 is 1. The third-order valence-electron chi connectivity index (χ3n) is 3.11. The van der Waals surface area contributed by atoms with Crippen LogP contribution in [0.25, 0.3) is 0 Å². The fraction of sp³-hybridized carbons (Fsp3) is 0.429. The molecule has 0 atom stereocenters. The molecule has 1 aliphatic rings. The molecule has 1 fully saturated rings. The molecule has 1 saturated heterocycles. The van der Waals surface area contributed by atoms with Crippen LogP contribution in [0.1, 0.15) is 17.5 Å². The Kier molecular flexibility index (Phi) is 4.04. The Morgan fingerprint density at radius 3 is 2.79 bits per heavy atom. The van der Waals surface area contributed by atoms with E-state index in [0.717, 1.165) is 16.9 Å². The minimum Gasteiger partial charge on any atom is -0.496 e. The van der Waals surface area contributed by atoms with Crippen molar-refractivity contribution in [1.29, 1.82) is 0 Å². The minimum absolute atomic E-state index is 0.0808. The summed E-state index contributed by atoms with van der Waals surface area (Å²) in [5, 5.41) is 0. The highest BCUT2D eigenvalue weighted by atomic mass is 16.6. The number of aryl methyl sites for hydroxylation is 1. The van der Waals surface area contributed by atoms with E-state index < -0.39 is 6.09 Å². The molecule has 0 saturated carbocycles. The van der Waals surface area contributed by atoms with Crippen LogP contribution in [-0.2, 0) is 16.1 Å². The molecule has 0 aromatic heterocycles. The lowest BCUT2D eigenvalue weighted by atomic mass is 10.1. The Morgan fingerprint density at radius 2 is 2.21 bits per heavy atom. The molecule has 19 heavy (non-hydrogen) atoms. The Balaban J connectivity index is 1.90. The maximum atomic E-state index is 11.7. The summed E-state index contributed by atoms with van der Waals surface area (Å²) in [4.78, 5) is 24.2. The van der Waals surface area contributed by atoms with E-state index in [1.165, 1.54) is 4.90 Å². The number of amides is 1. The third-order valence-corrected chi connectivity index (χ3v) is 3.11. The summed E-state index contributed by atoms with van der Waals surface area (Å²) >= 11 is 0. The first-order valence-electron chi connectivity index (χ1n) is 6.17. The van der Waals surface area contributed by atoms with Gasteiger partial charge in [-0.05, 0) is 30.2 Å². The average Bonchev–Trinajstić information content (AvgIpc) is 2.83. The molecule has 0 N–H and O–H groups in total. The summed E-state index contributed by atoms with van der Waals surface area (Å²) in [6.45, 7) is 2.76. The number of carbonyl (C=O) groups excluding carboxylic acids is 2. The molecule has 2 rings (SSSR count). The summed E-state index contributed by atoms with van der Waals surface area (Å²) in [5.41, 5.74) is 1.89. The van der Waals surface area contributed by atoms with Gasteiger partial charge in [-0.2, -0.15) is 0 Å². The second kappa shape index (κ2) is 5.73. The van der Waals surface area contributed by atoms with Gasteiger partial charge >= 0.3 is 6.09 Å². The number of hydrogen-bond acceptors (Lipinski definition) is 4. The van der Waals surface area contributed by atoms with Crippen molar-refractivity contribution in [3.05, 3.63) is 29.3 Å². The number of Topliss-reactive ketones (excluding diaryl/α,β-unsaturated/α-hetero) is 1. The SMILES string of the molecule is COc1ccc(COC(=O)N2CCC(=O)C2)cc1C. The Bertz CT molecular complexity index is 498. The van der Waals surface area contributed by atoms with E-state index in [-0.39, 0.29) is 18.9 Å². The number of benzene rings is 1. The van der Waals surface area contributed by atoms with Crippen molar-refractivity contribution in [2.75, 3.05) is 20.2 Å². The normalized spacial score (nSPS) is 14.6. The molecular weight excluding hydrogens is 246 g/mol. The summed E-state index contributed by atoms with van der Waals surface area (Å²) in [7, 11) is 1.62. The quantitative estimate of drug-likeness (QED) is 0.836. The van der Waals surface area contributed by atoms with Crippen molar-refractivity contribution in [1.82, 2.24) is 4.90 Å². The number of ether oxygens (including phenoxy) is 2. The summed E-state index contributed by atoms with van der Waals surface area (Å²) in [6.07, 6.45) is -0.00386. The predicted octanol–water partition coefficient (Wildman–Crippen LogP) is 1.92. The molecule has 0 radical (unpaired) electrons. The van der Waals surface area contributed by atoms with Crippen LogP contribution in [0.3, 0.4) is 0 Å². The number of nitrogens with zero attached hydrogens (tertiary/aromatic N) is 1. The molecule has 1 heterocycles. The Morgan fingerprint density at radius 1 is 1.42 bits per heavy atom. The molecule has 5 heteroatoms. The zero-order valence-electron chi connectivity index (χ0n) is 11.1. The highest BCUT2D eigenvalue weighted by Gasteiger charge is 2.24. The fourth-order valence-electron chi connectivity index (χ4n) is 2.05. The van der Waals surface area contributed by atoms with E-state index in [9.17, 15) is 9.59 Å². The van der Waals surface area contributed by atoms with Crippen molar-refractivity contribution >= 4 is 11.9 Å². The second-order valence-electron chi connectivity index (χ2n) is 4.57. The van der Waals surface area contributed by atoms with E-state index in [1.54, 1.807) is 7.11 Å². The molecule has 0 unspecified atom stereocenters. The second-order valence-corrected chi connectivity index (χ2v) is 4.57. The summed E-state index contributed by atoms with van der Waals surface area (Å²) < 4.78 is 10.3. The first kappa shape index (κ1) is 13.4. The van der Waals surface area contributed by atoms with Gasteiger partial charge < -0.3 is 14.4 Å². The van der Waals surface area contributed by atoms with Gasteiger partial charge in [0.25, 0.3) is 0 Å². The van der Waals surface area contributed by atoms with Crippen LogP contribution in [0, 0.1) is 6.92 Å². The molecule has 102 valence electrons. The van der Waals surface area contributed by atoms with Crippen molar-refractivity contribution in [2.45, 2.75) is 20.0 Å². The Hall–Kier alpha value is -2.04. The van der Waals surface area contributed by atoms with Crippen LogP contribution in [0.4, 0.5) is 4.79 Å². The molecule has 1 aliphatic heterocycles. The van der Waals surface area contributed by atoms with Gasteiger partial charge in [0, 0.05) is 13.0 Å². The third kappa shape index (κ3) is 3.24. The fourth-order valence-corrected chi connectivity index (χ4v) is 2.05. The zero-order valence-corrected chi connectivity index (χ0v) is 11.1. The van der Waals surface area contributed by atoms with E-state index in [0.29, 0.717) is 13.0 Å². The van der Waals surface area contributed by atoms with Crippen LogP contribution in [0.2, 0.25) is 0 Å². The molecule has 5 nitrogen and oxygen atoms in total. The number of rotatable bonds is 3. The van der Waals surface area contributed by atoms with Gasteiger partial charge in [0.05, 0.1) is 13.7 Å². The first-order chi connectivity index (χ1) is 9.10. The zero-order chi connectivity index (χ0) is 13.8. The summed E-state index contributed by atoms with van der Waals surface area (Å²) in [5.74, 6) is 0.887. The van der Waals surface area contributed by atoms with Crippen LogP contribution >= 0.6 is 0 Å². The molecule has 0 spiro atoms. The van der Waals surface area contributed by atoms with Crippen LogP contribution in [0.15, 0.2) is 18.2 Å². The van der Waals surface area contributed by atoms with Crippen LogP contribution < -0.4 is 4.74 Å². The van der Waals surface area contributed by atoms with E-state index >= 15 is 0 Å². The molecule has 1 aromatic carbocycles. The molecule has 1 aromatic rings. The van der Waals surface area contributed by atoms with E-state index in [1.807, 2.05) is 25.1 Å². The monoisotopic (exact) mass is 263 g/mol. The lowest BCUT2D eigenvalue weighted by molar-refractivity contribution is -0.116. The van der Waals surface area contributed by atoms with E-state index in [2.05, 4.69) is 0 Å². The predicted molar refractivity (Wildman–Crippen MR) is 69.1 cm³/mol. The van der Waals surface area contributed by atoms with Crippen molar-refractivity contribution in [3.63, 3.8) is 0 Å². The van der Waals surface area contributed by atoms with Crippen molar-refractivity contribution in [3.8, 4) is 5.75 Å². The highest BCUT2D eigenvalue weighted by molar-refractivity contribution is 5.87. The van der Waals surface area contributed by atoms with Crippen LogP contribution in [-0.4, -0.2) is 37.0 Å². The number of carbonyl (C=O) groups is 2. The van der Waals surface area contributed by atoms with Gasteiger partial charge in [0.2, 0.25) is 0 Å². The number of likely N-dealkylation sites (tertiary alicyclic amines) is 1. The van der Waals surface area contributed by atoms with Gasteiger partial charge in [0.1, 0.15) is 12.4 Å². The lowest BCUT2D eigenvalue weighted by Crippen LogP contribution is -2.29. The van der Waals surface area contributed by atoms with Gasteiger partial charge in [0.15, 0.2) is 5.78 Å². The molecule has 0 aliphatic carbocycles. The van der Waals surface area contributed by atoms with Gasteiger partial charge in [-0.15, -0.1) is 0 Å². The average molecular weight is 263 g/mol.